The van der Waals surface area contributed by atoms with Gasteiger partial charge in [-0.05, 0) is 18.2 Å². The maximum absolute atomic E-state index is 12.3. The van der Waals surface area contributed by atoms with Gasteiger partial charge in [0.1, 0.15) is 0 Å². The van der Waals surface area contributed by atoms with Gasteiger partial charge in [-0.3, -0.25) is 19.4 Å². The van der Waals surface area contributed by atoms with Crippen LogP contribution in [-0.2, 0) is 0 Å². The Bertz CT molecular complexity index is 530. The molecule has 0 spiro atoms. The predicted octanol–water partition coefficient (Wildman–Crippen LogP) is 1.60. The van der Waals surface area contributed by atoms with E-state index in [-0.39, 0.29) is 18.5 Å². The second-order valence-corrected chi connectivity index (χ2v) is 5.24. The summed E-state index contributed by atoms with van der Waals surface area (Å²) < 4.78 is 0. The van der Waals surface area contributed by atoms with Crippen molar-refractivity contribution in [3.05, 3.63) is 29.3 Å². The number of hydrogen-bond acceptors (Lipinski definition) is 4. The number of carbonyl (C=O) groups is 2. The zero-order valence-corrected chi connectivity index (χ0v) is 12.3. The molecule has 1 heterocycles. The van der Waals surface area contributed by atoms with Crippen molar-refractivity contribution < 1.29 is 9.59 Å². The van der Waals surface area contributed by atoms with Gasteiger partial charge in [0.25, 0.3) is 11.8 Å². The number of hydrogen-bond donors (Lipinski definition) is 1. The second kappa shape index (κ2) is 6.43. The highest BCUT2D eigenvalue weighted by atomic mass is 35.5. The number of nitrogens with two attached hydrogens (primary N) is 1. The van der Waals surface area contributed by atoms with Crippen LogP contribution in [0.1, 0.15) is 20.7 Å². The fourth-order valence-corrected chi connectivity index (χ4v) is 2.61. The van der Waals surface area contributed by atoms with Crippen LogP contribution in [0.25, 0.3) is 0 Å². The molecule has 108 valence electrons. The van der Waals surface area contributed by atoms with Crippen molar-refractivity contribution in [2.24, 2.45) is 0 Å². The Labute approximate surface area is 127 Å². The number of imide groups is 1. The third-order valence-corrected chi connectivity index (χ3v) is 3.48. The van der Waals surface area contributed by atoms with Crippen LogP contribution in [0.4, 0.5) is 5.69 Å². The third-order valence-electron chi connectivity index (χ3n) is 3.14. The van der Waals surface area contributed by atoms with E-state index in [9.17, 15) is 9.59 Å². The molecule has 2 N–H and O–H groups in total. The molecule has 1 aromatic rings. The molecule has 7 heteroatoms. The number of rotatable bonds is 6. The fourth-order valence-electron chi connectivity index (χ4n) is 2.13. The van der Waals surface area contributed by atoms with Gasteiger partial charge >= 0.3 is 0 Å². The molecule has 5 nitrogen and oxygen atoms in total. The van der Waals surface area contributed by atoms with Crippen molar-refractivity contribution in [1.29, 1.82) is 0 Å². The number of fused-ring (bicyclic) bond motifs is 1. The molecule has 1 aliphatic heterocycles. The van der Waals surface area contributed by atoms with E-state index in [2.05, 4.69) is 0 Å². The first kappa shape index (κ1) is 15.1. The van der Waals surface area contributed by atoms with Crippen LogP contribution in [-0.4, -0.2) is 53.1 Å². The molecule has 1 aliphatic rings. The van der Waals surface area contributed by atoms with E-state index >= 15 is 0 Å². The predicted molar refractivity (Wildman–Crippen MR) is 79.2 cm³/mol. The van der Waals surface area contributed by atoms with E-state index in [0.29, 0.717) is 41.7 Å². The van der Waals surface area contributed by atoms with Crippen molar-refractivity contribution in [2.45, 2.75) is 0 Å². The Hall–Kier alpha value is -1.30. The van der Waals surface area contributed by atoms with Gasteiger partial charge in [0.2, 0.25) is 0 Å². The quantitative estimate of drug-likeness (QED) is 0.492. The third kappa shape index (κ3) is 2.90. The Morgan fingerprint density at radius 3 is 2.25 bits per heavy atom. The molecule has 0 aromatic heterocycles. The van der Waals surface area contributed by atoms with Crippen molar-refractivity contribution in [3.63, 3.8) is 0 Å². The summed E-state index contributed by atoms with van der Waals surface area (Å²) in [6, 6.07) is 4.73. The summed E-state index contributed by atoms with van der Waals surface area (Å²) in [7, 11) is 0. The zero-order valence-electron chi connectivity index (χ0n) is 10.8. The van der Waals surface area contributed by atoms with E-state index in [1.54, 1.807) is 12.1 Å². The van der Waals surface area contributed by atoms with Crippen LogP contribution in [0, 0.1) is 0 Å². The minimum absolute atomic E-state index is 0.186. The smallest absolute Gasteiger partial charge is 0.262 e. The van der Waals surface area contributed by atoms with E-state index in [1.165, 1.54) is 11.0 Å². The second-order valence-electron chi connectivity index (χ2n) is 4.48. The summed E-state index contributed by atoms with van der Waals surface area (Å²) in [6.45, 7) is 1.30. The van der Waals surface area contributed by atoms with Gasteiger partial charge < -0.3 is 5.73 Å². The molecular weight excluding hydrogens is 301 g/mol. The van der Waals surface area contributed by atoms with E-state index < -0.39 is 0 Å². The molecule has 0 unspecified atom stereocenters. The van der Waals surface area contributed by atoms with E-state index in [0.717, 1.165) is 0 Å². The number of anilines is 1. The van der Waals surface area contributed by atoms with Crippen molar-refractivity contribution in [3.8, 4) is 0 Å². The lowest BCUT2D eigenvalue weighted by atomic mass is 10.1. The monoisotopic (exact) mass is 315 g/mol. The maximum atomic E-state index is 12.3. The van der Waals surface area contributed by atoms with Crippen molar-refractivity contribution in [2.75, 3.05) is 37.3 Å². The van der Waals surface area contributed by atoms with Gasteiger partial charge in [0.05, 0.1) is 17.8 Å². The van der Waals surface area contributed by atoms with Crippen LogP contribution in [0.5, 0.6) is 0 Å². The molecule has 0 aliphatic carbocycles. The fraction of sp³-hybridized carbons (Fsp3) is 0.385. The summed E-state index contributed by atoms with van der Waals surface area (Å²) in [5.41, 5.74) is 6.86. The number of alkyl halides is 2. The van der Waals surface area contributed by atoms with Gasteiger partial charge in [-0.25, -0.2) is 0 Å². The first-order valence-electron chi connectivity index (χ1n) is 6.18. The molecular formula is C13H15Cl2N3O2. The average Bonchev–Trinajstić information content (AvgIpc) is 2.64. The number of halogens is 2. The van der Waals surface area contributed by atoms with Crippen LogP contribution >= 0.6 is 23.2 Å². The first-order valence-corrected chi connectivity index (χ1v) is 7.25. The van der Waals surface area contributed by atoms with E-state index in [1.807, 2.05) is 4.90 Å². The summed E-state index contributed by atoms with van der Waals surface area (Å²) in [6.07, 6.45) is 0. The molecule has 0 atom stereocenters. The topological polar surface area (TPSA) is 66.6 Å². The Morgan fingerprint density at radius 1 is 1.05 bits per heavy atom. The van der Waals surface area contributed by atoms with Crippen molar-refractivity contribution >= 4 is 40.7 Å². The molecule has 20 heavy (non-hydrogen) atoms. The summed E-state index contributed by atoms with van der Waals surface area (Å²) >= 11 is 11.4. The van der Waals surface area contributed by atoms with Gasteiger partial charge in [-0.1, -0.05) is 0 Å². The molecule has 0 radical (unpaired) electrons. The summed E-state index contributed by atoms with van der Waals surface area (Å²) in [5.74, 6) is 0.186. The van der Waals surface area contributed by atoms with Crippen LogP contribution < -0.4 is 5.73 Å². The summed E-state index contributed by atoms with van der Waals surface area (Å²) in [4.78, 5) is 27.6. The molecule has 1 aromatic carbocycles. The van der Waals surface area contributed by atoms with Crippen molar-refractivity contribution in [1.82, 2.24) is 9.80 Å². The lowest BCUT2D eigenvalue weighted by Crippen LogP contribution is -2.42. The highest BCUT2D eigenvalue weighted by molar-refractivity contribution is 6.21. The lowest BCUT2D eigenvalue weighted by Gasteiger charge is -2.25. The Balaban J connectivity index is 2.19. The highest BCUT2D eigenvalue weighted by Gasteiger charge is 2.36. The molecule has 0 fully saturated rings. The number of carbonyl (C=O) groups excluding carboxylic acids is 2. The number of amides is 2. The molecule has 2 amide bonds. The zero-order chi connectivity index (χ0) is 14.7. The summed E-state index contributed by atoms with van der Waals surface area (Å²) in [5, 5.41) is 0. The lowest BCUT2D eigenvalue weighted by molar-refractivity contribution is 0.0553. The minimum Gasteiger partial charge on any atom is -0.399 e. The van der Waals surface area contributed by atoms with E-state index in [4.69, 9.17) is 28.9 Å². The molecule has 0 saturated carbocycles. The molecule has 2 rings (SSSR count). The minimum atomic E-state index is -0.327. The standard InChI is InChI=1S/C13H15Cl2N3O2/c14-3-5-17(6-4-15)8-18-12(19)10-2-1-9(16)7-11(10)13(18)20/h1-2,7H,3-6,8,16H2. The van der Waals surface area contributed by atoms with Gasteiger partial charge in [-0.2, -0.15) is 0 Å². The normalized spacial score (nSPS) is 14.2. The number of nitrogens with zero attached hydrogens (tertiary/aromatic N) is 2. The Morgan fingerprint density at radius 2 is 1.65 bits per heavy atom. The average molecular weight is 316 g/mol. The van der Waals surface area contributed by atoms with Crippen LogP contribution in [0.15, 0.2) is 18.2 Å². The molecule has 0 saturated heterocycles. The number of benzene rings is 1. The van der Waals surface area contributed by atoms with Gasteiger partial charge in [-0.15, -0.1) is 23.2 Å². The number of nitrogen functional groups attached to an aromatic ring is 1. The SMILES string of the molecule is Nc1ccc2c(c1)C(=O)N(CN(CCCl)CCCl)C2=O. The highest BCUT2D eigenvalue weighted by Crippen LogP contribution is 2.24. The maximum Gasteiger partial charge on any atom is 0.262 e. The first-order chi connectivity index (χ1) is 9.58. The molecule has 0 bridgehead atoms. The largest absolute Gasteiger partial charge is 0.399 e. The van der Waals surface area contributed by atoms with Crippen LogP contribution in [0.3, 0.4) is 0 Å². The van der Waals surface area contributed by atoms with Gasteiger partial charge in [0, 0.05) is 30.5 Å². The van der Waals surface area contributed by atoms with Gasteiger partial charge in [0.15, 0.2) is 0 Å². The van der Waals surface area contributed by atoms with Crippen LogP contribution in [0.2, 0.25) is 0 Å². The Kier molecular flexibility index (Phi) is 4.86.